The Morgan fingerprint density at radius 1 is 0.524 bits per heavy atom. The lowest BCUT2D eigenvalue weighted by Gasteiger charge is -2.12. The average molecular weight is 268 g/mol. The van der Waals surface area contributed by atoms with Crippen LogP contribution >= 0.6 is 0 Å². The van der Waals surface area contributed by atoms with Gasteiger partial charge in [0.1, 0.15) is 0 Å². The molecule has 0 amide bonds. The summed E-state index contributed by atoms with van der Waals surface area (Å²) >= 11 is 0. The highest BCUT2D eigenvalue weighted by atomic mass is 14.2. The van der Waals surface area contributed by atoms with E-state index in [0.717, 1.165) is 6.42 Å². The molecule has 21 heavy (non-hydrogen) atoms. The van der Waals surface area contributed by atoms with E-state index in [1.807, 2.05) is 0 Å². The molecule has 0 spiro atoms. The zero-order valence-corrected chi connectivity index (χ0v) is 11.8. The van der Waals surface area contributed by atoms with Gasteiger partial charge in [0.25, 0.3) is 0 Å². The Hall–Kier alpha value is -2.60. The van der Waals surface area contributed by atoms with Crippen molar-refractivity contribution in [3.8, 4) is 11.1 Å². The molecule has 0 unspecified atom stereocenters. The number of allylic oxidation sites excluding steroid dienone is 1. The smallest absolute Gasteiger partial charge is 0.00819 e. The third kappa shape index (κ3) is 2.09. The maximum Gasteiger partial charge on any atom is -0.00819 e. The molecule has 3 aromatic rings. The van der Waals surface area contributed by atoms with E-state index in [1.165, 1.54) is 33.4 Å². The molecular formula is C21H16. The third-order valence-electron chi connectivity index (χ3n) is 4.14. The monoisotopic (exact) mass is 268 g/mol. The first-order chi connectivity index (χ1) is 10.4. The van der Waals surface area contributed by atoms with Crippen LogP contribution in [0.25, 0.3) is 16.7 Å². The van der Waals surface area contributed by atoms with E-state index in [2.05, 4.69) is 84.9 Å². The summed E-state index contributed by atoms with van der Waals surface area (Å²) in [6.45, 7) is 0. The van der Waals surface area contributed by atoms with Gasteiger partial charge < -0.3 is 0 Å². The van der Waals surface area contributed by atoms with E-state index in [9.17, 15) is 0 Å². The summed E-state index contributed by atoms with van der Waals surface area (Å²) in [7, 11) is 0. The van der Waals surface area contributed by atoms with E-state index in [4.69, 9.17) is 0 Å². The highest BCUT2D eigenvalue weighted by molar-refractivity contribution is 5.91. The molecule has 3 aromatic carbocycles. The lowest BCUT2D eigenvalue weighted by atomic mass is 9.92. The van der Waals surface area contributed by atoms with Crippen molar-refractivity contribution in [1.29, 1.82) is 0 Å². The molecule has 0 bridgehead atoms. The summed E-state index contributed by atoms with van der Waals surface area (Å²) in [4.78, 5) is 0. The second-order valence-corrected chi connectivity index (χ2v) is 5.39. The van der Waals surface area contributed by atoms with Crippen LogP contribution in [0.15, 0.2) is 84.9 Å². The van der Waals surface area contributed by atoms with E-state index in [0.29, 0.717) is 0 Å². The van der Waals surface area contributed by atoms with Crippen LogP contribution in [-0.4, -0.2) is 0 Å². The summed E-state index contributed by atoms with van der Waals surface area (Å²) in [5.41, 5.74) is 8.08. The molecule has 1 aliphatic rings. The van der Waals surface area contributed by atoms with Gasteiger partial charge in [-0.05, 0) is 39.8 Å². The van der Waals surface area contributed by atoms with E-state index in [-0.39, 0.29) is 0 Å². The Morgan fingerprint density at radius 2 is 1.14 bits per heavy atom. The van der Waals surface area contributed by atoms with Gasteiger partial charge in [0.2, 0.25) is 0 Å². The Kier molecular flexibility index (Phi) is 2.93. The first-order valence-electron chi connectivity index (χ1n) is 7.37. The molecule has 0 aliphatic heterocycles. The first kappa shape index (κ1) is 12.2. The molecule has 0 saturated carbocycles. The summed E-state index contributed by atoms with van der Waals surface area (Å²) in [5, 5.41) is 0. The molecule has 0 atom stereocenters. The largest absolute Gasteiger partial charge is 0.0716 e. The Labute approximate surface area is 125 Å². The van der Waals surface area contributed by atoms with Crippen molar-refractivity contribution in [2.45, 2.75) is 6.42 Å². The maximum absolute atomic E-state index is 2.35. The zero-order chi connectivity index (χ0) is 14.1. The number of fused-ring (bicyclic) bond motifs is 1. The zero-order valence-electron chi connectivity index (χ0n) is 11.8. The standard InChI is InChI=1S/C21H16/c1-2-8-16(9-3-1)18-12-6-7-13-20(18)21-15-14-17-10-4-5-11-19(17)21/h1-13,15H,14H2. The van der Waals surface area contributed by atoms with Gasteiger partial charge in [0, 0.05) is 0 Å². The normalized spacial score (nSPS) is 12.9. The highest BCUT2D eigenvalue weighted by Gasteiger charge is 2.17. The van der Waals surface area contributed by atoms with Crippen molar-refractivity contribution in [3.05, 3.63) is 102 Å². The number of hydrogen-bond acceptors (Lipinski definition) is 0. The van der Waals surface area contributed by atoms with E-state index < -0.39 is 0 Å². The van der Waals surface area contributed by atoms with Crippen LogP contribution in [0.3, 0.4) is 0 Å². The predicted molar refractivity (Wildman–Crippen MR) is 89.1 cm³/mol. The van der Waals surface area contributed by atoms with Crippen LogP contribution in [0.5, 0.6) is 0 Å². The van der Waals surface area contributed by atoms with Gasteiger partial charge in [-0.2, -0.15) is 0 Å². The quantitative estimate of drug-likeness (QED) is 0.588. The molecule has 0 aromatic heterocycles. The molecular weight excluding hydrogens is 252 g/mol. The van der Waals surface area contributed by atoms with Crippen LogP contribution in [0.1, 0.15) is 16.7 Å². The predicted octanol–water partition coefficient (Wildman–Crippen LogP) is 5.34. The molecule has 0 saturated heterocycles. The minimum Gasteiger partial charge on any atom is -0.0716 e. The number of rotatable bonds is 2. The van der Waals surface area contributed by atoms with E-state index in [1.54, 1.807) is 0 Å². The van der Waals surface area contributed by atoms with Crippen LogP contribution in [0.4, 0.5) is 0 Å². The highest BCUT2D eigenvalue weighted by Crippen LogP contribution is 2.37. The fraction of sp³-hybridized carbons (Fsp3) is 0.0476. The first-order valence-corrected chi connectivity index (χ1v) is 7.37. The summed E-state index contributed by atoms with van der Waals surface area (Å²) < 4.78 is 0. The molecule has 0 N–H and O–H groups in total. The molecule has 0 fully saturated rings. The van der Waals surface area contributed by atoms with Gasteiger partial charge in [0.15, 0.2) is 0 Å². The summed E-state index contributed by atoms with van der Waals surface area (Å²) in [6.07, 6.45) is 3.39. The van der Waals surface area contributed by atoms with Crippen LogP contribution in [0, 0.1) is 0 Å². The van der Waals surface area contributed by atoms with E-state index >= 15 is 0 Å². The van der Waals surface area contributed by atoms with Gasteiger partial charge in [-0.1, -0.05) is 84.9 Å². The van der Waals surface area contributed by atoms with Gasteiger partial charge >= 0.3 is 0 Å². The molecule has 100 valence electrons. The Balaban J connectivity index is 1.89. The third-order valence-corrected chi connectivity index (χ3v) is 4.14. The molecule has 0 nitrogen and oxygen atoms in total. The maximum atomic E-state index is 2.35. The molecule has 0 heteroatoms. The van der Waals surface area contributed by atoms with Crippen LogP contribution in [-0.2, 0) is 6.42 Å². The SMILES string of the molecule is C1=C(c2ccccc2-c2ccccc2)c2ccccc2C1. The Bertz CT molecular complexity index is 810. The second-order valence-electron chi connectivity index (χ2n) is 5.39. The fourth-order valence-electron chi connectivity index (χ4n) is 3.13. The summed E-state index contributed by atoms with van der Waals surface area (Å²) in [5.74, 6) is 0. The van der Waals surface area contributed by atoms with Crippen LogP contribution in [0.2, 0.25) is 0 Å². The van der Waals surface area contributed by atoms with Gasteiger partial charge in [-0.25, -0.2) is 0 Å². The van der Waals surface area contributed by atoms with Crippen molar-refractivity contribution in [3.63, 3.8) is 0 Å². The van der Waals surface area contributed by atoms with Crippen molar-refractivity contribution in [2.24, 2.45) is 0 Å². The lowest BCUT2D eigenvalue weighted by molar-refractivity contribution is 1.31. The minimum absolute atomic E-state index is 1.04. The number of benzene rings is 3. The van der Waals surface area contributed by atoms with Gasteiger partial charge in [-0.3, -0.25) is 0 Å². The topological polar surface area (TPSA) is 0 Å². The molecule has 0 heterocycles. The van der Waals surface area contributed by atoms with Crippen molar-refractivity contribution < 1.29 is 0 Å². The lowest BCUT2D eigenvalue weighted by Crippen LogP contribution is -1.90. The van der Waals surface area contributed by atoms with Crippen molar-refractivity contribution >= 4 is 5.57 Å². The minimum atomic E-state index is 1.04. The van der Waals surface area contributed by atoms with Crippen molar-refractivity contribution in [1.82, 2.24) is 0 Å². The van der Waals surface area contributed by atoms with Gasteiger partial charge in [0.05, 0.1) is 0 Å². The molecule has 4 rings (SSSR count). The van der Waals surface area contributed by atoms with Crippen LogP contribution < -0.4 is 0 Å². The average Bonchev–Trinajstić information content (AvgIpc) is 3.00. The molecule has 1 aliphatic carbocycles. The van der Waals surface area contributed by atoms with Crippen molar-refractivity contribution in [2.75, 3.05) is 0 Å². The van der Waals surface area contributed by atoms with Gasteiger partial charge in [-0.15, -0.1) is 0 Å². The second kappa shape index (κ2) is 5.06. The fourth-order valence-corrected chi connectivity index (χ4v) is 3.13. The summed E-state index contributed by atoms with van der Waals surface area (Å²) in [6, 6.07) is 28.0. The Morgan fingerprint density at radius 3 is 1.95 bits per heavy atom. The number of hydrogen-bond donors (Lipinski definition) is 0. The molecule has 0 radical (unpaired) electrons.